The van der Waals surface area contributed by atoms with Crippen molar-refractivity contribution in [3.05, 3.63) is 0 Å². The first kappa shape index (κ1) is 17.3. The summed E-state index contributed by atoms with van der Waals surface area (Å²) in [6.07, 6.45) is 0. The molecule has 0 atom stereocenters. The van der Waals surface area contributed by atoms with Gasteiger partial charge in [0.15, 0.2) is 0 Å². The van der Waals surface area contributed by atoms with Gasteiger partial charge in [-0.15, -0.1) is 0 Å². The van der Waals surface area contributed by atoms with Gasteiger partial charge in [0, 0.05) is 0 Å². The fourth-order valence-corrected chi connectivity index (χ4v) is 0. The maximum atomic E-state index is 8.88. The predicted molar refractivity (Wildman–Crippen MR) is 23.7 cm³/mol. The van der Waals surface area contributed by atoms with Crippen LogP contribution < -0.4 is 0 Å². The Hall–Kier alpha value is 0.109. The van der Waals surface area contributed by atoms with Crippen molar-refractivity contribution in [2.24, 2.45) is 0 Å². The van der Waals surface area contributed by atoms with E-state index in [9.17, 15) is 0 Å². The van der Waals surface area contributed by atoms with Crippen LogP contribution in [0.2, 0.25) is 0 Å². The Morgan fingerprint density at radius 2 is 1.00 bits per heavy atom. The predicted octanol–water partition coefficient (Wildman–Crippen LogP) is -3.11. The molecule has 0 aliphatic carbocycles. The Morgan fingerprint density at radius 1 is 1.00 bits per heavy atom. The van der Waals surface area contributed by atoms with E-state index in [0.29, 0.717) is 0 Å². The molecule has 11 heavy (non-hydrogen) atoms. The molecule has 73 valence electrons. The number of rotatable bonds is 0. The van der Waals surface area contributed by atoms with Gasteiger partial charge in [-0.25, -0.2) is 4.57 Å². The second kappa shape index (κ2) is 5.72. The Balaban J connectivity index is -0.000000107. The monoisotopic (exact) mass is 237 g/mol. The summed E-state index contributed by atoms with van der Waals surface area (Å²) < 4.78 is 40.7. The molecule has 0 aromatic rings. The summed E-state index contributed by atoms with van der Waals surface area (Å²) in [5.41, 5.74) is 0. The third kappa shape index (κ3) is 55500. The summed E-state index contributed by atoms with van der Waals surface area (Å²) >= 11 is -5.12. The van der Waals surface area contributed by atoms with E-state index in [1.165, 1.54) is 0 Å². The molecule has 0 radical (unpaired) electrons. The van der Waals surface area contributed by atoms with E-state index in [4.69, 9.17) is 35.3 Å². The van der Waals surface area contributed by atoms with Gasteiger partial charge in [-0.05, 0) is 0 Å². The first-order valence-corrected chi connectivity index (χ1v) is 5.01. The Bertz CT molecular complexity index is 187. The number of hydrogen-bond donors (Lipinski definition) is 5. The van der Waals surface area contributed by atoms with Gasteiger partial charge in [0.25, 0.3) is 0 Å². The summed E-state index contributed by atoms with van der Waals surface area (Å²) in [4.78, 5) is 21.6. The number of phosphoric acid groups is 1. The zero-order valence-corrected chi connectivity index (χ0v) is 6.86. The minimum absolute atomic E-state index is 0. The molecule has 0 amide bonds. The maximum absolute atomic E-state index is 8.88. The first-order chi connectivity index (χ1) is 4.00. The van der Waals surface area contributed by atoms with Crippen LogP contribution in [-0.4, -0.2) is 28.5 Å². The third-order valence-corrected chi connectivity index (χ3v) is 0. The summed E-state index contributed by atoms with van der Waals surface area (Å²) in [5.74, 6) is 0. The van der Waals surface area contributed by atoms with Gasteiger partial charge >= 0.3 is 37.2 Å². The molecule has 0 spiro atoms. The molecule has 0 fully saturated rings. The van der Waals surface area contributed by atoms with Crippen molar-refractivity contribution in [3.8, 4) is 0 Å². The molecular weight excluding hydrogens is 230 g/mol. The molecule has 0 aliphatic heterocycles. The van der Waals surface area contributed by atoms with Crippen LogP contribution in [0, 0.1) is 0 Å². The van der Waals surface area contributed by atoms with Crippen LogP contribution in [0.15, 0.2) is 0 Å². The average Bonchev–Trinajstić information content (AvgIpc) is 1.12. The zero-order chi connectivity index (χ0) is 9.00. The van der Waals surface area contributed by atoms with Crippen LogP contribution in [0.4, 0.5) is 0 Å². The van der Waals surface area contributed by atoms with Crippen molar-refractivity contribution < 1.29 is 54.1 Å². The van der Waals surface area contributed by atoms with Crippen molar-refractivity contribution in [3.63, 3.8) is 0 Å². The molecule has 0 aromatic carbocycles. The first-order valence-electron chi connectivity index (χ1n) is 1.43. The molecule has 0 unspecified atom stereocenters. The summed E-state index contributed by atoms with van der Waals surface area (Å²) in [6, 6.07) is 0. The third-order valence-electron chi connectivity index (χ3n) is 0. The SMILES string of the molecule is O.O=P(O)(O)O.[O]=[Mn](=[O])([OH])[OH]. The van der Waals surface area contributed by atoms with Crippen molar-refractivity contribution in [2.75, 3.05) is 0 Å². The average molecular weight is 237 g/mol. The van der Waals surface area contributed by atoms with Gasteiger partial charge in [-0.3, -0.25) is 0 Å². The fourth-order valence-electron chi connectivity index (χ4n) is 0. The Labute approximate surface area is 62.7 Å². The molecular formula is H7MnO9P. The Morgan fingerprint density at radius 3 is 1.00 bits per heavy atom. The van der Waals surface area contributed by atoms with Gasteiger partial charge in [0.05, 0.1) is 0 Å². The van der Waals surface area contributed by atoms with E-state index in [1.807, 2.05) is 0 Å². The van der Waals surface area contributed by atoms with E-state index in [2.05, 4.69) is 0 Å². The standard InChI is InChI=1S/Mn.H3O4P.3H2O.2O/c;1-5(2,3)4;;;;;/h;(H3,1,2,3,4);3*1H2;;/q+2;;;;;;/p-2. The topological polar surface area (TPSA) is 184 Å². The summed E-state index contributed by atoms with van der Waals surface area (Å²) in [7, 11) is -4.64. The molecule has 0 bridgehead atoms. The number of hydrogen-bond acceptors (Lipinski definition) is 3. The van der Waals surface area contributed by atoms with Crippen LogP contribution in [-0.2, 0) is 25.6 Å². The van der Waals surface area contributed by atoms with Gasteiger partial charge in [0.1, 0.15) is 0 Å². The van der Waals surface area contributed by atoms with Crippen LogP contribution in [0.3, 0.4) is 0 Å². The molecule has 0 rings (SSSR count). The van der Waals surface area contributed by atoms with Crippen LogP contribution in [0.1, 0.15) is 0 Å². The second-order valence-electron chi connectivity index (χ2n) is 0.928. The van der Waals surface area contributed by atoms with E-state index >= 15 is 0 Å². The van der Waals surface area contributed by atoms with Crippen molar-refractivity contribution in [1.82, 2.24) is 0 Å². The van der Waals surface area contributed by atoms with Gasteiger partial charge in [0.2, 0.25) is 0 Å². The quantitative estimate of drug-likeness (QED) is 0.216. The van der Waals surface area contributed by atoms with Crippen molar-refractivity contribution >= 4 is 7.82 Å². The van der Waals surface area contributed by atoms with Crippen LogP contribution in [0.5, 0.6) is 0 Å². The van der Waals surface area contributed by atoms with E-state index < -0.39 is 21.2 Å². The summed E-state index contributed by atoms with van der Waals surface area (Å²) in [5, 5.41) is 0. The summed E-state index contributed by atoms with van der Waals surface area (Å²) in [6.45, 7) is 0. The van der Waals surface area contributed by atoms with Crippen LogP contribution in [0.25, 0.3) is 0 Å². The Kier molecular flexibility index (Phi) is 8.98. The molecule has 0 saturated carbocycles. The van der Waals surface area contributed by atoms with Gasteiger partial charge in [-0.1, -0.05) is 0 Å². The van der Waals surface area contributed by atoms with E-state index in [-0.39, 0.29) is 5.48 Å². The van der Waals surface area contributed by atoms with Crippen molar-refractivity contribution in [2.45, 2.75) is 0 Å². The van der Waals surface area contributed by atoms with E-state index in [1.54, 1.807) is 0 Å². The molecule has 11 heteroatoms. The van der Waals surface area contributed by atoms with Gasteiger partial charge < -0.3 is 20.2 Å². The second-order valence-corrected chi connectivity index (χ2v) is 3.25. The van der Waals surface area contributed by atoms with Gasteiger partial charge in [-0.2, -0.15) is 0 Å². The molecule has 0 saturated heterocycles. The van der Waals surface area contributed by atoms with Crippen molar-refractivity contribution in [1.29, 1.82) is 0 Å². The molecule has 0 heterocycles. The molecule has 0 aromatic heterocycles. The fraction of sp³-hybridized carbons (Fsp3) is 0. The zero-order valence-electron chi connectivity index (χ0n) is 4.79. The molecule has 9 nitrogen and oxygen atoms in total. The minimum atomic E-state index is -5.12. The van der Waals surface area contributed by atoms with Crippen LogP contribution >= 0.6 is 7.82 Å². The molecule has 7 N–H and O–H groups in total. The normalized spacial score (nSPS) is 10.6. The molecule has 0 aliphatic rings. The van der Waals surface area contributed by atoms with E-state index in [0.717, 1.165) is 0 Å².